The molecule has 1 unspecified atom stereocenters. The molecule has 1 aliphatic heterocycles. The molecule has 0 radical (unpaired) electrons. The number of amides is 1. The number of carbonyl (C=O) groups is 1. The Hall–Kier alpha value is -1.96. The Morgan fingerprint density at radius 2 is 2.15 bits per heavy atom. The zero-order valence-corrected chi connectivity index (χ0v) is 16.6. The molecular weight excluding hydrogens is 398 g/mol. The second-order valence-corrected chi connectivity index (χ2v) is 7.91. The average Bonchev–Trinajstić information content (AvgIpc) is 3.27. The summed E-state index contributed by atoms with van der Waals surface area (Å²) in [5.74, 6) is 0.737. The van der Waals surface area contributed by atoms with Gasteiger partial charge in [0, 0.05) is 11.5 Å². The fourth-order valence-electron chi connectivity index (χ4n) is 3.35. The summed E-state index contributed by atoms with van der Waals surface area (Å²) >= 11 is 3.52. The monoisotopic (exact) mass is 419 g/mol. The van der Waals surface area contributed by atoms with E-state index in [1.807, 2.05) is 19.2 Å². The predicted molar refractivity (Wildman–Crippen MR) is 99.3 cm³/mol. The van der Waals surface area contributed by atoms with E-state index in [1.54, 1.807) is 9.58 Å². The minimum absolute atomic E-state index is 0.0112. The smallest absolute Gasteiger partial charge is 0.410 e. The number of ether oxygens (including phenoxy) is 1. The molecule has 138 valence electrons. The lowest BCUT2D eigenvalue weighted by Gasteiger charge is -2.14. The first-order chi connectivity index (χ1) is 12.5. The van der Waals surface area contributed by atoms with Gasteiger partial charge < -0.3 is 4.74 Å². The van der Waals surface area contributed by atoms with Crippen molar-refractivity contribution in [3.63, 3.8) is 0 Å². The number of aromatic nitrogens is 4. The summed E-state index contributed by atoms with van der Waals surface area (Å²) < 4.78 is 8.23. The number of hydrogen-bond acceptors (Lipinski definition) is 5. The van der Waals surface area contributed by atoms with Crippen LogP contribution in [0.4, 0.5) is 4.79 Å². The van der Waals surface area contributed by atoms with E-state index in [1.165, 1.54) is 12.8 Å². The summed E-state index contributed by atoms with van der Waals surface area (Å²) in [7, 11) is 1.84. The zero-order chi connectivity index (χ0) is 18.3. The second-order valence-electron chi connectivity index (χ2n) is 7.05. The number of aryl methyl sites for hydroxylation is 2. The molecule has 7 nitrogen and oxygen atoms in total. The topological polar surface area (TPSA) is 73.1 Å². The molecule has 0 spiro atoms. The summed E-state index contributed by atoms with van der Waals surface area (Å²) in [6.45, 7) is 3.13. The highest BCUT2D eigenvalue weighted by Gasteiger charge is 2.36. The molecule has 1 saturated heterocycles. The van der Waals surface area contributed by atoms with Crippen LogP contribution in [0.1, 0.15) is 37.6 Å². The molecule has 1 saturated carbocycles. The van der Waals surface area contributed by atoms with Gasteiger partial charge in [0.1, 0.15) is 11.8 Å². The first-order valence-electron chi connectivity index (χ1n) is 9.05. The third-order valence-corrected chi connectivity index (χ3v) is 5.74. The van der Waals surface area contributed by atoms with E-state index in [9.17, 15) is 4.79 Å². The number of nitrogens with zero attached hydrogens (tertiary/aromatic N) is 5. The number of carbonyl (C=O) groups excluding carboxylic acids is 1. The Kier molecular flexibility index (Phi) is 4.69. The maximum Gasteiger partial charge on any atom is 0.410 e. The maximum absolute atomic E-state index is 12.2. The number of pyridine rings is 1. The summed E-state index contributed by atoms with van der Waals surface area (Å²) in [4.78, 5) is 18.7. The highest BCUT2D eigenvalue weighted by Crippen LogP contribution is 2.36. The summed E-state index contributed by atoms with van der Waals surface area (Å²) in [5.41, 5.74) is 3.33. The Morgan fingerprint density at radius 1 is 1.35 bits per heavy atom. The zero-order valence-electron chi connectivity index (χ0n) is 15.0. The van der Waals surface area contributed by atoms with Crippen LogP contribution in [0.2, 0.25) is 0 Å². The third-order valence-electron chi connectivity index (χ3n) is 5.02. The number of halogens is 1. The van der Waals surface area contributed by atoms with Crippen LogP contribution in [0.25, 0.3) is 11.4 Å². The summed E-state index contributed by atoms with van der Waals surface area (Å²) in [5, 5.41) is 8.44. The molecule has 8 heteroatoms. The van der Waals surface area contributed by atoms with Gasteiger partial charge in [0.25, 0.3) is 0 Å². The largest absolute Gasteiger partial charge is 0.444 e. The van der Waals surface area contributed by atoms with E-state index >= 15 is 0 Å². The van der Waals surface area contributed by atoms with Crippen LogP contribution < -0.4 is 0 Å². The lowest BCUT2D eigenvalue weighted by molar-refractivity contribution is 0.126. The second kappa shape index (κ2) is 6.98. The van der Waals surface area contributed by atoms with Gasteiger partial charge in [-0.05, 0) is 46.8 Å². The molecule has 0 aromatic carbocycles. The van der Waals surface area contributed by atoms with Gasteiger partial charge in [0.15, 0.2) is 0 Å². The fraction of sp³-hybridized carbons (Fsp3) is 0.556. The number of hydrogen-bond donors (Lipinski definition) is 0. The van der Waals surface area contributed by atoms with Crippen LogP contribution in [-0.2, 0) is 24.8 Å². The van der Waals surface area contributed by atoms with E-state index in [4.69, 9.17) is 9.72 Å². The maximum atomic E-state index is 12.2. The highest BCUT2D eigenvalue weighted by atomic mass is 79.9. The lowest BCUT2D eigenvalue weighted by atomic mass is 10.1. The van der Waals surface area contributed by atoms with Crippen molar-refractivity contribution >= 4 is 22.0 Å². The van der Waals surface area contributed by atoms with Gasteiger partial charge in [0.05, 0.1) is 30.2 Å². The average molecular weight is 420 g/mol. The molecule has 4 rings (SSSR count). The molecule has 0 bridgehead atoms. The van der Waals surface area contributed by atoms with Gasteiger partial charge in [0.2, 0.25) is 0 Å². The Morgan fingerprint density at radius 3 is 2.88 bits per heavy atom. The van der Waals surface area contributed by atoms with E-state index in [0.29, 0.717) is 18.8 Å². The van der Waals surface area contributed by atoms with Crippen LogP contribution in [0.5, 0.6) is 0 Å². The van der Waals surface area contributed by atoms with Crippen molar-refractivity contribution in [1.29, 1.82) is 0 Å². The van der Waals surface area contributed by atoms with Crippen molar-refractivity contribution < 1.29 is 9.53 Å². The number of rotatable bonds is 6. The van der Waals surface area contributed by atoms with Crippen LogP contribution >= 0.6 is 15.9 Å². The van der Waals surface area contributed by atoms with Gasteiger partial charge >= 0.3 is 6.09 Å². The normalized spacial score (nSPS) is 19.9. The first-order valence-corrected chi connectivity index (χ1v) is 9.84. The molecule has 1 amide bonds. The Balaban J connectivity index is 1.56. The highest BCUT2D eigenvalue weighted by molar-refractivity contribution is 9.10. The molecule has 2 aromatic rings. The first kappa shape index (κ1) is 17.5. The summed E-state index contributed by atoms with van der Waals surface area (Å²) in [6, 6.07) is 3.91. The van der Waals surface area contributed by atoms with E-state index in [0.717, 1.165) is 40.3 Å². The molecule has 26 heavy (non-hydrogen) atoms. The van der Waals surface area contributed by atoms with Gasteiger partial charge in [-0.3, -0.25) is 4.90 Å². The molecule has 1 aliphatic carbocycles. The van der Waals surface area contributed by atoms with E-state index in [-0.39, 0.29) is 12.2 Å². The standard InChI is InChI=1S/C18H22BrN5O2/c1-3-14-13(19)6-7-15(20-14)17-16(23(2)22-21-17)10-24-9-12(26-18(24)25)8-11-4-5-11/h6-7,11-12H,3-5,8-10H2,1-2H3. The molecule has 2 aliphatic rings. The van der Waals surface area contributed by atoms with Gasteiger partial charge in [-0.15, -0.1) is 5.10 Å². The van der Waals surface area contributed by atoms with Crippen LogP contribution in [0.3, 0.4) is 0 Å². The molecule has 1 atom stereocenters. The van der Waals surface area contributed by atoms with Crippen LogP contribution in [-0.4, -0.2) is 43.6 Å². The predicted octanol–water partition coefficient (Wildman–Crippen LogP) is 3.32. The van der Waals surface area contributed by atoms with Crippen molar-refractivity contribution in [2.24, 2.45) is 13.0 Å². The van der Waals surface area contributed by atoms with Crippen LogP contribution in [0, 0.1) is 5.92 Å². The van der Waals surface area contributed by atoms with Gasteiger partial charge in [-0.2, -0.15) is 0 Å². The number of cyclic esters (lactones) is 1. The quantitative estimate of drug-likeness (QED) is 0.717. The molecule has 2 fully saturated rings. The summed E-state index contributed by atoms with van der Waals surface area (Å²) in [6.07, 6.45) is 4.09. The SMILES string of the molecule is CCc1nc(-c2nnn(C)c2CN2CC(CC3CC3)OC2=O)ccc1Br. The Bertz CT molecular complexity index is 833. The van der Waals surface area contributed by atoms with Crippen molar-refractivity contribution in [3.05, 3.63) is 28.0 Å². The van der Waals surface area contributed by atoms with Crippen molar-refractivity contribution in [1.82, 2.24) is 24.9 Å². The third kappa shape index (κ3) is 3.47. The Labute approximate surface area is 160 Å². The fourth-order valence-corrected chi connectivity index (χ4v) is 3.85. The molecule has 3 heterocycles. The van der Waals surface area contributed by atoms with Gasteiger partial charge in [-0.25, -0.2) is 14.5 Å². The van der Waals surface area contributed by atoms with Crippen molar-refractivity contribution in [2.75, 3.05) is 6.54 Å². The lowest BCUT2D eigenvalue weighted by Crippen LogP contribution is -2.26. The van der Waals surface area contributed by atoms with E-state index in [2.05, 4.69) is 33.2 Å². The van der Waals surface area contributed by atoms with Crippen LogP contribution in [0.15, 0.2) is 16.6 Å². The van der Waals surface area contributed by atoms with Crippen molar-refractivity contribution in [3.8, 4) is 11.4 Å². The molecule has 0 N–H and O–H groups in total. The molecular formula is C18H22BrN5O2. The van der Waals surface area contributed by atoms with Gasteiger partial charge in [-0.1, -0.05) is 25.0 Å². The van der Waals surface area contributed by atoms with E-state index < -0.39 is 0 Å². The minimum atomic E-state index is -0.249. The molecule has 2 aromatic heterocycles. The minimum Gasteiger partial charge on any atom is -0.444 e. The van der Waals surface area contributed by atoms with Crippen molar-refractivity contribution in [2.45, 2.75) is 45.3 Å².